The molecule has 1 aromatic carbocycles. The number of fused-ring (bicyclic) bond motifs is 5. The van der Waals surface area contributed by atoms with Crippen molar-refractivity contribution in [2.45, 2.75) is 39.8 Å². The third kappa shape index (κ3) is 2.77. The van der Waals surface area contributed by atoms with Gasteiger partial charge in [0.2, 0.25) is 0 Å². The predicted molar refractivity (Wildman–Crippen MR) is 105 cm³/mol. The first-order chi connectivity index (χ1) is 14.1. The maximum Gasteiger partial charge on any atom is 0.278 e. The summed E-state index contributed by atoms with van der Waals surface area (Å²) in [6, 6.07) is 6.27. The summed E-state index contributed by atoms with van der Waals surface area (Å²) in [6.45, 7) is 7.01. The first-order valence-electron chi connectivity index (χ1n) is 9.49. The maximum atomic E-state index is 5.53. The number of rotatable bonds is 4. The van der Waals surface area contributed by atoms with E-state index in [1.54, 1.807) is 13.4 Å². The van der Waals surface area contributed by atoms with Gasteiger partial charge in [-0.3, -0.25) is 4.57 Å². The lowest BCUT2D eigenvalue weighted by molar-refractivity contribution is 0.174. The first-order valence-corrected chi connectivity index (χ1v) is 9.49. The van der Waals surface area contributed by atoms with E-state index in [1.807, 2.05) is 13.8 Å². The van der Waals surface area contributed by atoms with E-state index in [4.69, 9.17) is 9.26 Å². The lowest BCUT2D eigenvalue weighted by Gasteiger charge is -2.09. The topological polar surface area (TPSA) is 96.7 Å². The van der Waals surface area contributed by atoms with Gasteiger partial charge in [-0.15, -0.1) is 10.2 Å². The van der Waals surface area contributed by atoms with Gasteiger partial charge in [0, 0.05) is 18.6 Å². The molecular weight excluding hydrogens is 370 g/mol. The molecule has 0 N–H and O–H groups in total. The van der Waals surface area contributed by atoms with Gasteiger partial charge in [-0.2, -0.15) is 4.98 Å². The zero-order chi connectivity index (χ0) is 20.1. The molecule has 29 heavy (non-hydrogen) atoms. The molecule has 0 aliphatic carbocycles. The summed E-state index contributed by atoms with van der Waals surface area (Å²) < 4.78 is 15.0. The van der Waals surface area contributed by atoms with E-state index in [0.29, 0.717) is 30.6 Å². The molecule has 0 saturated heterocycles. The van der Waals surface area contributed by atoms with Crippen LogP contribution in [-0.4, -0.2) is 41.6 Å². The lowest BCUT2D eigenvalue weighted by Crippen LogP contribution is -2.09. The molecule has 0 saturated carbocycles. The Morgan fingerprint density at radius 1 is 1.24 bits per heavy atom. The lowest BCUT2D eigenvalue weighted by atomic mass is 10.1. The molecule has 1 aliphatic heterocycles. The SMILES string of the molecule is COCc1nnc2n1Cc1c(-c3nc(C(C)C)no3)ncn1-c1ccc(C)cc1-2. The zero-order valence-corrected chi connectivity index (χ0v) is 16.7. The fraction of sp³-hybridized carbons (Fsp3) is 0.350. The van der Waals surface area contributed by atoms with Crippen molar-refractivity contribution in [3.63, 3.8) is 0 Å². The Kier molecular flexibility index (Phi) is 4.06. The molecule has 0 spiro atoms. The summed E-state index contributed by atoms with van der Waals surface area (Å²) in [6.07, 6.45) is 1.80. The van der Waals surface area contributed by atoms with Gasteiger partial charge < -0.3 is 13.8 Å². The minimum absolute atomic E-state index is 0.176. The van der Waals surface area contributed by atoms with Gasteiger partial charge in [0.05, 0.1) is 17.9 Å². The largest absolute Gasteiger partial charge is 0.377 e. The van der Waals surface area contributed by atoms with Crippen molar-refractivity contribution in [2.75, 3.05) is 7.11 Å². The van der Waals surface area contributed by atoms with E-state index < -0.39 is 0 Å². The molecule has 4 heterocycles. The molecule has 0 radical (unpaired) electrons. The number of aryl methyl sites for hydroxylation is 1. The highest BCUT2D eigenvalue weighted by Gasteiger charge is 2.28. The molecule has 4 aromatic rings. The molecule has 0 fully saturated rings. The Morgan fingerprint density at radius 3 is 2.86 bits per heavy atom. The average molecular weight is 391 g/mol. The van der Waals surface area contributed by atoms with Crippen LogP contribution in [0.25, 0.3) is 28.7 Å². The fourth-order valence-electron chi connectivity index (χ4n) is 3.60. The summed E-state index contributed by atoms with van der Waals surface area (Å²) in [7, 11) is 1.65. The van der Waals surface area contributed by atoms with E-state index in [0.717, 1.165) is 34.2 Å². The Balaban J connectivity index is 1.74. The standard InChI is InChI=1S/C20H21N7O2/c1-11(2)18-22-20(29-25-18)17-15-8-26-16(9-28-4)23-24-19(26)13-7-12(3)5-6-14(13)27(15)10-21-17/h5-7,10-11H,8-9H2,1-4H3. The highest BCUT2D eigenvalue weighted by molar-refractivity contribution is 5.71. The Bertz CT molecular complexity index is 1200. The Labute approximate surface area is 167 Å². The van der Waals surface area contributed by atoms with Crippen LogP contribution in [0.3, 0.4) is 0 Å². The number of methoxy groups -OCH3 is 1. The van der Waals surface area contributed by atoms with Crippen LogP contribution in [0.1, 0.15) is 42.7 Å². The molecule has 0 bridgehead atoms. The number of hydrogen-bond donors (Lipinski definition) is 0. The predicted octanol–water partition coefficient (Wildman–Crippen LogP) is 3.12. The molecule has 3 aromatic heterocycles. The number of benzene rings is 1. The van der Waals surface area contributed by atoms with Crippen molar-refractivity contribution in [3.8, 4) is 28.7 Å². The second-order valence-electron chi connectivity index (χ2n) is 7.50. The zero-order valence-electron chi connectivity index (χ0n) is 16.7. The minimum atomic E-state index is 0.176. The first kappa shape index (κ1) is 17.7. The average Bonchev–Trinajstić information content (AvgIpc) is 3.40. The molecule has 1 aliphatic rings. The van der Waals surface area contributed by atoms with Gasteiger partial charge in [-0.05, 0) is 19.1 Å². The van der Waals surface area contributed by atoms with Gasteiger partial charge in [-0.25, -0.2) is 4.98 Å². The highest BCUT2D eigenvalue weighted by atomic mass is 16.5. The summed E-state index contributed by atoms with van der Waals surface area (Å²) in [5, 5.41) is 12.9. The summed E-state index contributed by atoms with van der Waals surface area (Å²) in [5.74, 6) is 2.82. The van der Waals surface area contributed by atoms with E-state index >= 15 is 0 Å². The van der Waals surface area contributed by atoms with E-state index in [-0.39, 0.29) is 5.92 Å². The quantitative estimate of drug-likeness (QED) is 0.464. The van der Waals surface area contributed by atoms with Gasteiger partial charge in [0.1, 0.15) is 12.9 Å². The number of hydrogen-bond acceptors (Lipinski definition) is 7. The van der Waals surface area contributed by atoms with Crippen LogP contribution in [0.4, 0.5) is 0 Å². The van der Waals surface area contributed by atoms with Crippen molar-refractivity contribution in [1.82, 2.24) is 34.5 Å². The van der Waals surface area contributed by atoms with Crippen LogP contribution in [0.5, 0.6) is 0 Å². The van der Waals surface area contributed by atoms with Crippen LogP contribution < -0.4 is 0 Å². The second kappa shape index (κ2) is 6.63. The van der Waals surface area contributed by atoms with Gasteiger partial charge in [0.15, 0.2) is 23.2 Å². The number of nitrogens with zero attached hydrogens (tertiary/aromatic N) is 7. The summed E-state index contributed by atoms with van der Waals surface area (Å²) in [5.41, 5.74) is 4.73. The number of imidazole rings is 1. The number of ether oxygens (including phenoxy) is 1. The maximum absolute atomic E-state index is 5.53. The molecule has 9 nitrogen and oxygen atoms in total. The molecule has 148 valence electrons. The van der Waals surface area contributed by atoms with Crippen LogP contribution in [0.2, 0.25) is 0 Å². The molecule has 0 amide bonds. The smallest absolute Gasteiger partial charge is 0.278 e. The van der Waals surface area contributed by atoms with Crippen LogP contribution in [0, 0.1) is 6.92 Å². The van der Waals surface area contributed by atoms with Crippen LogP contribution >= 0.6 is 0 Å². The normalized spacial score (nSPS) is 12.6. The molecule has 0 atom stereocenters. The molecule has 9 heteroatoms. The third-order valence-corrected chi connectivity index (χ3v) is 5.09. The van der Waals surface area contributed by atoms with E-state index in [1.165, 1.54) is 0 Å². The Morgan fingerprint density at radius 2 is 2.10 bits per heavy atom. The molecule has 5 rings (SSSR count). The summed E-state index contributed by atoms with van der Waals surface area (Å²) in [4.78, 5) is 9.16. The second-order valence-corrected chi connectivity index (χ2v) is 7.50. The van der Waals surface area contributed by atoms with Crippen LogP contribution in [-0.2, 0) is 17.9 Å². The van der Waals surface area contributed by atoms with Gasteiger partial charge in [0.25, 0.3) is 5.89 Å². The minimum Gasteiger partial charge on any atom is -0.377 e. The Hall–Kier alpha value is -3.33. The van der Waals surface area contributed by atoms with Crippen molar-refractivity contribution in [1.29, 1.82) is 0 Å². The van der Waals surface area contributed by atoms with E-state index in [9.17, 15) is 0 Å². The van der Waals surface area contributed by atoms with Gasteiger partial charge in [-0.1, -0.05) is 30.6 Å². The fourth-order valence-corrected chi connectivity index (χ4v) is 3.60. The number of aromatic nitrogens is 7. The van der Waals surface area contributed by atoms with Crippen molar-refractivity contribution in [3.05, 3.63) is 47.4 Å². The summed E-state index contributed by atoms with van der Waals surface area (Å²) >= 11 is 0. The monoisotopic (exact) mass is 391 g/mol. The van der Waals surface area contributed by atoms with E-state index in [2.05, 4.69) is 59.6 Å². The highest BCUT2D eigenvalue weighted by Crippen LogP contribution is 2.35. The van der Waals surface area contributed by atoms with Crippen LogP contribution in [0.15, 0.2) is 29.0 Å². The molecular formula is C20H21N7O2. The van der Waals surface area contributed by atoms with Crippen molar-refractivity contribution < 1.29 is 9.26 Å². The van der Waals surface area contributed by atoms with Crippen molar-refractivity contribution >= 4 is 0 Å². The third-order valence-electron chi connectivity index (χ3n) is 5.09. The molecule has 0 unspecified atom stereocenters. The van der Waals surface area contributed by atoms with Crippen molar-refractivity contribution in [2.24, 2.45) is 0 Å². The van der Waals surface area contributed by atoms with Gasteiger partial charge >= 0.3 is 0 Å².